The topological polar surface area (TPSA) is 18.5 Å². The first-order valence-electron chi connectivity index (χ1n) is 6.19. The van der Waals surface area contributed by atoms with Crippen LogP contribution in [0.15, 0.2) is 54.6 Å². The van der Waals surface area contributed by atoms with Crippen LogP contribution in [0.1, 0.15) is 22.8 Å². The van der Waals surface area contributed by atoms with Crippen LogP contribution >= 0.6 is 0 Å². The highest BCUT2D eigenvalue weighted by atomic mass is 16.7. The molecule has 92 valence electrons. The van der Waals surface area contributed by atoms with Gasteiger partial charge < -0.3 is 9.47 Å². The van der Waals surface area contributed by atoms with Gasteiger partial charge >= 0.3 is 0 Å². The van der Waals surface area contributed by atoms with Gasteiger partial charge in [0, 0.05) is 13.5 Å². The van der Waals surface area contributed by atoms with Crippen LogP contribution < -0.4 is 0 Å². The van der Waals surface area contributed by atoms with Gasteiger partial charge in [-0.3, -0.25) is 0 Å². The van der Waals surface area contributed by atoms with Gasteiger partial charge in [0.15, 0.2) is 6.29 Å². The summed E-state index contributed by atoms with van der Waals surface area (Å²) in [6, 6.07) is 18.7. The number of rotatable bonds is 2. The molecule has 1 aliphatic heterocycles. The monoisotopic (exact) mass is 240 g/mol. The number of ether oxygens (including phenoxy) is 2. The van der Waals surface area contributed by atoms with Crippen LogP contribution in [0.3, 0.4) is 0 Å². The molecule has 3 rings (SSSR count). The van der Waals surface area contributed by atoms with Gasteiger partial charge in [0.1, 0.15) is 6.10 Å². The highest BCUT2D eigenvalue weighted by Gasteiger charge is 2.28. The van der Waals surface area contributed by atoms with Crippen molar-refractivity contribution in [3.8, 4) is 0 Å². The van der Waals surface area contributed by atoms with Gasteiger partial charge in [-0.05, 0) is 16.7 Å². The van der Waals surface area contributed by atoms with E-state index in [2.05, 4.69) is 36.4 Å². The molecule has 0 aliphatic carbocycles. The van der Waals surface area contributed by atoms with Crippen LogP contribution in [-0.2, 0) is 15.9 Å². The number of fused-ring (bicyclic) bond motifs is 1. The van der Waals surface area contributed by atoms with Gasteiger partial charge in [-0.15, -0.1) is 0 Å². The van der Waals surface area contributed by atoms with Crippen molar-refractivity contribution < 1.29 is 9.47 Å². The van der Waals surface area contributed by atoms with Crippen LogP contribution in [0.2, 0.25) is 0 Å². The highest BCUT2D eigenvalue weighted by molar-refractivity contribution is 5.37. The minimum atomic E-state index is -0.162. The molecule has 0 N–H and O–H groups in total. The summed E-state index contributed by atoms with van der Waals surface area (Å²) in [6.07, 6.45) is 0.627. The van der Waals surface area contributed by atoms with Crippen molar-refractivity contribution in [2.75, 3.05) is 7.11 Å². The fraction of sp³-hybridized carbons (Fsp3) is 0.250. The minimum absolute atomic E-state index is 0.0268. The predicted octanol–water partition coefficient (Wildman–Crippen LogP) is 3.32. The van der Waals surface area contributed by atoms with E-state index >= 15 is 0 Å². The number of benzene rings is 2. The zero-order valence-corrected chi connectivity index (χ0v) is 10.4. The minimum Gasteiger partial charge on any atom is -0.355 e. The lowest BCUT2D eigenvalue weighted by molar-refractivity contribution is -0.153. The van der Waals surface area contributed by atoms with E-state index in [4.69, 9.17) is 9.47 Å². The Labute approximate surface area is 107 Å². The molecule has 0 unspecified atom stereocenters. The van der Waals surface area contributed by atoms with Gasteiger partial charge in [-0.2, -0.15) is 0 Å². The van der Waals surface area contributed by atoms with Crippen molar-refractivity contribution in [2.24, 2.45) is 0 Å². The molecule has 18 heavy (non-hydrogen) atoms. The molecule has 0 amide bonds. The Hall–Kier alpha value is -1.64. The second-order valence-corrected chi connectivity index (χ2v) is 4.50. The second-order valence-electron chi connectivity index (χ2n) is 4.50. The third-order valence-electron chi connectivity index (χ3n) is 3.38. The smallest absolute Gasteiger partial charge is 0.162 e. The molecule has 0 saturated heterocycles. The van der Waals surface area contributed by atoms with Gasteiger partial charge in [-0.1, -0.05) is 54.6 Å². The molecule has 1 heterocycles. The largest absolute Gasteiger partial charge is 0.355 e. The van der Waals surface area contributed by atoms with Crippen molar-refractivity contribution in [1.82, 2.24) is 0 Å². The predicted molar refractivity (Wildman–Crippen MR) is 70.3 cm³/mol. The quantitative estimate of drug-likeness (QED) is 0.801. The summed E-state index contributed by atoms with van der Waals surface area (Å²) < 4.78 is 11.4. The zero-order chi connectivity index (χ0) is 12.4. The Morgan fingerprint density at radius 1 is 1.00 bits per heavy atom. The molecule has 0 bridgehead atoms. The number of hydrogen-bond donors (Lipinski definition) is 0. The second kappa shape index (κ2) is 4.92. The van der Waals surface area contributed by atoms with Crippen molar-refractivity contribution in [3.05, 3.63) is 71.3 Å². The van der Waals surface area contributed by atoms with Gasteiger partial charge in [0.25, 0.3) is 0 Å². The lowest BCUT2D eigenvalue weighted by Crippen LogP contribution is -2.28. The average Bonchev–Trinajstić information content (AvgIpc) is 2.47. The summed E-state index contributed by atoms with van der Waals surface area (Å²) in [5.41, 5.74) is 3.73. The summed E-state index contributed by atoms with van der Waals surface area (Å²) in [5, 5.41) is 0. The maximum absolute atomic E-state index is 6.03. The molecular weight excluding hydrogens is 224 g/mol. The van der Waals surface area contributed by atoms with E-state index in [1.807, 2.05) is 18.2 Å². The van der Waals surface area contributed by atoms with Crippen molar-refractivity contribution in [1.29, 1.82) is 0 Å². The molecule has 1 aliphatic rings. The van der Waals surface area contributed by atoms with Crippen molar-refractivity contribution in [2.45, 2.75) is 18.8 Å². The molecule has 0 radical (unpaired) electrons. The third kappa shape index (κ3) is 2.05. The SMILES string of the molecule is CO[C@H]1Cc2ccccc2[C@@H](c2ccccc2)O1. The Morgan fingerprint density at radius 3 is 2.50 bits per heavy atom. The Balaban J connectivity index is 2.04. The van der Waals surface area contributed by atoms with E-state index in [1.54, 1.807) is 7.11 Å². The first-order chi connectivity index (χ1) is 8.88. The lowest BCUT2D eigenvalue weighted by atomic mass is 9.92. The van der Waals surface area contributed by atoms with Crippen LogP contribution in [0.5, 0.6) is 0 Å². The molecule has 2 aromatic carbocycles. The average molecular weight is 240 g/mol. The van der Waals surface area contributed by atoms with Crippen LogP contribution in [0.25, 0.3) is 0 Å². The standard InChI is InChI=1S/C16H16O2/c1-17-15-11-13-9-5-6-10-14(13)16(18-15)12-7-3-2-4-8-12/h2-10,15-16H,11H2,1H3/t15-,16-/m1/s1. The molecule has 2 nitrogen and oxygen atoms in total. The molecule has 0 saturated carbocycles. The summed E-state index contributed by atoms with van der Waals surface area (Å²) >= 11 is 0. The maximum Gasteiger partial charge on any atom is 0.162 e. The Bertz CT molecular complexity index is 522. The van der Waals surface area contributed by atoms with E-state index in [0.717, 1.165) is 6.42 Å². The van der Waals surface area contributed by atoms with Gasteiger partial charge in [-0.25, -0.2) is 0 Å². The Morgan fingerprint density at radius 2 is 1.72 bits per heavy atom. The maximum atomic E-state index is 6.03. The van der Waals surface area contributed by atoms with Gasteiger partial charge in [0.05, 0.1) is 0 Å². The van der Waals surface area contributed by atoms with E-state index in [0.29, 0.717) is 0 Å². The van der Waals surface area contributed by atoms with E-state index in [9.17, 15) is 0 Å². The summed E-state index contributed by atoms with van der Waals surface area (Å²) in [6.45, 7) is 0. The summed E-state index contributed by atoms with van der Waals surface area (Å²) in [7, 11) is 1.70. The fourth-order valence-electron chi connectivity index (χ4n) is 2.45. The summed E-state index contributed by atoms with van der Waals surface area (Å²) in [4.78, 5) is 0. The first-order valence-corrected chi connectivity index (χ1v) is 6.19. The molecule has 0 spiro atoms. The fourth-order valence-corrected chi connectivity index (χ4v) is 2.45. The van der Waals surface area contributed by atoms with Gasteiger partial charge in [0.2, 0.25) is 0 Å². The highest BCUT2D eigenvalue weighted by Crippen LogP contribution is 2.35. The molecule has 2 atom stereocenters. The van der Waals surface area contributed by atoms with Crippen molar-refractivity contribution in [3.63, 3.8) is 0 Å². The first kappa shape index (κ1) is 11.5. The molecule has 0 fully saturated rings. The normalized spacial score (nSPS) is 22.5. The van der Waals surface area contributed by atoms with Crippen LogP contribution in [-0.4, -0.2) is 13.4 Å². The van der Waals surface area contributed by atoms with Crippen molar-refractivity contribution >= 4 is 0 Å². The van der Waals surface area contributed by atoms with E-state index in [1.165, 1.54) is 16.7 Å². The third-order valence-corrected chi connectivity index (χ3v) is 3.38. The molecule has 0 aromatic heterocycles. The van der Waals surface area contributed by atoms with Crippen LogP contribution in [0.4, 0.5) is 0 Å². The van der Waals surface area contributed by atoms with Crippen LogP contribution in [0, 0.1) is 0 Å². The number of methoxy groups -OCH3 is 1. The molecular formula is C16H16O2. The lowest BCUT2D eigenvalue weighted by Gasteiger charge is -2.31. The number of hydrogen-bond acceptors (Lipinski definition) is 2. The van der Waals surface area contributed by atoms with E-state index < -0.39 is 0 Å². The molecule has 2 heteroatoms. The van der Waals surface area contributed by atoms with E-state index in [-0.39, 0.29) is 12.4 Å². The summed E-state index contributed by atoms with van der Waals surface area (Å²) in [5.74, 6) is 0. The zero-order valence-electron chi connectivity index (χ0n) is 10.4. The molecule has 2 aromatic rings. The Kier molecular flexibility index (Phi) is 3.13.